The molecule has 0 aliphatic carbocycles. The monoisotopic (exact) mass is 252 g/mol. The Morgan fingerprint density at radius 1 is 1.16 bits per heavy atom. The first-order valence-electron chi connectivity index (χ1n) is 6.43. The Morgan fingerprint density at radius 3 is 2.68 bits per heavy atom. The van der Waals surface area contributed by atoms with Crippen molar-refractivity contribution in [2.75, 3.05) is 0 Å². The fourth-order valence-corrected chi connectivity index (χ4v) is 2.29. The SMILES string of the molecule is CC(N)Cc1ccc2noc(-c3ccccc3)c2c1. The highest BCUT2D eigenvalue weighted by molar-refractivity contribution is 5.91. The van der Waals surface area contributed by atoms with Gasteiger partial charge in [0.2, 0.25) is 0 Å². The second kappa shape index (κ2) is 4.86. The summed E-state index contributed by atoms with van der Waals surface area (Å²) in [5.74, 6) is 0.821. The Kier molecular flexibility index (Phi) is 3.05. The number of hydrogen-bond acceptors (Lipinski definition) is 3. The van der Waals surface area contributed by atoms with Crippen LogP contribution in [0.2, 0.25) is 0 Å². The van der Waals surface area contributed by atoms with Crippen LogP contribution < -0.4 is 5.73 Å². The van der Waals surface area contributed by atoms with Crippen molar-refractivity contribution in [3.05, 3.63) is 54.1 Å². The first-order valence-corrected chi connectivity index (χ1v) is 6.43. The molecule has 3 heteroatoms. The number of benzene rings is 2. The Labute approximate surface area is 112 Å². The lowest BCUT2D eigenvalue weighted by Gasteiger charge is -2.04. The van der Waals surface area contributed by atoms with Crippen LogP contribution in [0.15, 0.2) is 53.1 Å². The van der Waals surface area contributed by atoms with E-state index in [-0.39, 0.29) is 6.04 Å². The molecule has 0 bridgehead atoms. The van der Waals surface area contributed by atoms with E-state index in [0.717, 1.165) is 28.6 Å². The maximum Gasteiger partial charge on any atom is 0.174 e. The molecule has 2 N–H and O–H groups in total. The summed E-state index contributed by atoms with van der Waals surface area (Å²) in [5, 5.41) is 5.15. The third kappa shape index (κ3) is 2.37. The van der Waals surface area contributed by atoms with Crippen molar-refractivity contribution >= 4 is 10.9 Å². The van der Waals surface area contributed by atoms with Crippen molar-refractivity contribution in [1.29, 1.82) is 0 Å². The predicted octanol–water partition coefficient (Wildman–Crippen LogP) is 3.38. The molecule has 2 aromatic carbocycles. The molecular formula is C16H16N2O. The number of rotatable bonds is 3. The summed E-state index contributed by atoms with van der Waals surface area (Å²) in [6.45, 7) is 2.01. The zero-order chi connectivity index (χ0) is 13.2. The molecule has 0 saturated heterocycles. The molecule has 0 saturated carbocycles. The second-order valence-electron chi connectivity index (χ2n) is 4.91. The topological polar surface area (TPSA) is 52.0 Å². The number of nitrogens with two attached hydrogens (primary N) is 1. The Balaban J connectivity index is 2.11. The van der Waals surface area contributed by atoms with Crippen molar-refractivity contribution in [3.63, 3.8) is 0 Å². The fraction of sp³-hybridized carbons (Fsp3) is 0.188. The summed E-state index contributed by atoms with van der Waals surface area (Å²) in [7, 11) is 0. The van der Waals surface area contributed by atoms with Crippen molar-refractivity contribution in [2.24, 2.45) is 5.73 Å². The summed E-state index contributed by atoms with van der Waals surface area (Å²) in [5.41, 5.74) is 8.99. The van der Waals surface area contributed by atoms with E-state index in [2.05, 4.69) is 17.3 Å². The van der Waals surface area contributed by atoms with Gasteiger partial charge in [0, 0.05) is 17.0 Å². The highest BCUT2D eigenvalue weighted by Gasteiger charge is 2.11. The molecule has 19 heavy (non-hydrogen) atoms. The first-order chi connectivity index (χ1) is 9.24. The number of fused-ring (bicyclic) bond motifs is 1. The summed E-state index contributed by atoms with van der Waals surface area (Å²) >= 11 is 0. The van der Waals surface area contributed by atoms with Gasteiger partial charge in [-0.25, -0.2) is 0 Å². The summed E-state index contributed by atoms with van der Waals surface area (Å²) in [6, 6.07) is 16.4. The van der Waals surface area contributed by atoms with Crippen LogP contribution in [-0.2, 0) is 6.42 Å². The van der Waals surface area contributed by atoms with Crippen LogP contribution in [0.3, 0.4) is 0 Å². The minimum absolute atomic E-state index is 0.150. The molecule has 3 aromatic rings. The fourth-order valence-electron chi connectivity index (χ4n) is 2.29. The van der Waals surface area contributed by atoms with Crippen molar-refractivity contribution in [1.82, 2.24) is 5.16 Å². The van der Waals surface area contributed by atoms with Crippen LogP contribution in [0.1, 0.15) is 12.5 Å². The largest absolute Gasteiger partial charge is 0.355 e. The molecule has 1 aromatic heterocycles. The normalized spacial score (nSPS) is 12.7. The summed E-state index contributed by atoms with van der Waals surface area (Å²) in [4.78, 5) is 0. The minimum Gasteiger partial charge on any atom is -0.355 e. The predicted molar refractivity (Wildman–Crippen MR) is 76.8 cm³/mol. The third-order valence-corrected chi connectivity index (χ3v) is 3.13. The molecule has 1 unspecified atom stereocenters. The Hall–Kier alpha value is -2.13. The van der Waals surface area contributed by atoms with E-state index in [9.17, 15) is 0 Å². The van der Waals surface area contributed by atoms with Crippen LogP contribution in [0.25, 0.3) is 22.2 Å². The van der Waals surface area contributed by atoms with Crippen LogP contribution >= 0.6 is 0 Å². The van der Waals surface area contributed by atoms with Crippen molar-refractivity contribution in [3.8, 4) is 11.3 Å². The zero-order valence-electron chi connectivity index (χ0n) is 10.8. The second-order valence-corrected chi connectivity index (χ2v) is 4.91. The molecule has 0 fully saturated rings. The van der Waals surface area contributed by atoms with Gasteiger partial charge in [0.05, 0.1) is 0 Å². The summed E-state index contributed by atoms with van der Waals surface area (Å²) in [6.07, 6.45) is 0.856. The smallest absolute Gasteiger partial charge is 0.174 e. The van der Waals surface area contributed by atoms with E-state index in [0.29, 0.717) is 0 Å². The Morgan fingerprint density at radius 2 is 1.95 bits per heavy atom. The highest BCUT2D eigenvalue weighted by Crippen LogP contribution is 2.29. The quantitative estimate of drug-likeness (QED) is 0.777. The van der Waals surface area contributed by atoms with Crippen molar-refractivity contribution < 1.29 is 4.52 Å². The van der Waals surface area contributed by atoms with E-state index in [4.69, 9.17) is 10.3 Å². The average Bonchev–Trinajstić information content (AvgIpc) is 2.82. The van der Waals surface area contributed by atoms with Crippen LogP contribution in [-0.4, -0.2) is 11.2 Å². The maximum absolute atomic E-state index is 5.85. The van der Waals surface area contributed by atoms with Gasteiger partial charge >= 0.3 is 0 Å². The first kappa shape index (κ1) is 11.9. The molecule has 0 aliphatic heterocycles. The maximum atomic E-state index is 5.85. The van der Waals surface area contributed by atoms with E-state index in [1.54, 1.807) is 0 Å². The lowest BCUT2D eigenvalue weighted by molar-refractivity contribution is 0.441. The number of hydrogen-bond donors (Lipinski definition) is 1. The van der Waals surface area contributed by atoms with Crippen molar-refractivity contribution in [2.45, 2.75) is 19.4 Å². The van der Waals surface area contributed by atoms with Gasteiger partial charge in [0.15, 0.2) is 5.76 Å². The van der Waals surface area contributed by atoms with E-state index >= 15 is 0 Å². The van der Waals surface area contributed by atoms with Crippen LogP contribution in [0.5, 0.6) is 0 Å². The van der Waals surface area contributed by atoms with Gasteiger partial charge in [-0.1, -0.05) is 41.6 Å². The third-order valence-electron chi connectivity index (χ3n) is 3.13. The van der Waals surface area contributed by atoms with E-state index in [1.807, 2.05) is 43.3 Å². The van der Waals surface area contributed by atoms with Gasteiger partial charge in [0.25, 0.3) is 0 Å². The van der Waals surface area contributed by atoms with Gasteiger partial charge in [-0.05, 0) is 31.0 Å². The molecule has 96 valence electrons. The standard InChI is InChI=1S/C16H16N2O/c1-11(17)9-12-7-8-15-14(10-12)16(19-18-15)13-5-3-2-4-6-13/h2-8,10-11H,9,17H2,1H3. The molecule has 0 amide bonds. The lowest BCUT2D eigenvalue weighted by Crippen LogP contribution is -2.17. The van der Waals surface area contributed by atoms with Gasteiger partial charge in [-0.3, -0.25) is 0 Å². The molecule has 1 heterocycles. The van der Waals surface area contributed by atoms with Gasteiger partial charge in [-0.15, -0.1) is 0 Å². The van der Waals surface area contributed by atoms with Crippen LogP contribution in [0.4, 0.5) is 0 Å². The molecule has 0 aliphatic rings. The molecular weight excluding hydrogens is 236 g/mol. The molecule has 3 rings (SSSR count). The average molecular weight is 252 g/mol. The molecule has 3 nitrogen and oxygen atoms in total. The lowest BCUT2D eigenvalue weighted by atomic mass is 10.0. The molecule has 0 radical (unpaired) electrons. The van der Waals surface area contributed by atoms with Gasteiger partial charge in [0.1, 0.15) is 5.52 Å². The van der Waals surface area contributed by atoms with Crippen LogP contribution in [0, 0.1) is 0 Å². The zero-order valence-corrected chi connectivity index (χ0v) is 10.8. The van der Waals surface area contributed by atoms with E-state index < -0.39 is 0 Å². The highest BCUT2D eigenvalue weighted by atomic mass is 16.5. The molecule has 0 spiro atoms. The van der Waals surface area contributed by atoms with Gasteiger partial charge < -0.3 is 10.3 Å². The van der Waals surface area contributed by atoms with E-state index in [1.165, 1.54) is 5.56 Å². The number of nitrogens with zero attached hydrogens (tertiary/aromatic N) is 1. The Bertz CT molecular complexity index is 686. The molecule has 1 atom stereocenters. The summed E-state index contributed by atoms with van der Waals surface area (Å²) < 4.78 is 5.48. The minimum atomic E-state index is 0.150. The number of aromatic nitrogens is 1. The van der Waals surface area contributed by atoms with Gasteiger partial charge in [-0.2, -0.15) is 0 Å².